The quantitative estimate of drug-likeness (QED) is 0.0808. The summed E-state index contributed by atoms with van der Waals surface area (Å²) in [4.78, 5) is 51.1. The third-order valence-corrected chi connectivity index (χ3v) is 18.7. The second kappa shape index (κ2) is 20.7. The molecule has 17 heteroatoms. The Hall–Kier alpha value is -7.08. The van der Waals surface area contributed by atoms with Crippen molar-refractivity contribution in [2.24, 2.45) is 0 Å². The maximum atomic E-state index is 14.0. The number of halogens is 3. The number of anilines is 4. The van der Waals surface area contributed by atoms with Crippen LogP contribution in [0.4, 0.5) is 40.8 Å². The number of nitrogens with zero attached hydrogens (tertiary/aromatic N) is 4. The van der Waals surface area contributed by atoms with Crippen LogP contribution in [0.3, 0.4) is 0 Å². The van der Waals surface area contributed by atoms with E-state index >= 15 is 0 Å². The number of pyridine rings is 1. The van der Waals surface area contributed by atoms with Gasteiger partial charge in [-0.2, -0.15) is 13.2 Å². The molecule has 4 aromatic carbocycles. The Bertz CT molecular complexity index is 3620. The number of piperidine rings is 1. The van der Waals surface area contributed by atoms with E-state index in [-0.39, 0.29) is 46.3 Å². The van der Waals surface area contributed by atoms with Crippen LogP contribution in [0.1, 0.15) is 132 Å². The van der Waals surface area contributed by atoms with Crippen molar-refractivity contribution in [1.82, 2.24) is 10.3 Å². The molecule has 5 aliphatic heterocycles. The summed E-state index contributed by atoms with van der Waals surface area (Å²) in [5.74, 6) is 0.534. The Labute approximate surface area is 471 Å². The monoisotopic (exact) mass is 1120 g/mol. The molecule has 81 heavy (non-hydrogen) atoms. The van der Waals surface area contributed by atoms with Crippen molar-refractivity contribution in [3.63, 3.8) is 0 Å². The standard InChI is InChI=1S/C64H67F3N6O7S/c1-62(2)50-34-45(81(77,78)79)21-22-46(50)47-23-27-55-48(58(47)62)35-49-56(80-55)28-30-72-53-25-18-39(32-51(53)63(3,4)59(49)72)31-44(74)14-7-5-6-8-15-57(75)68-36-38-16-19-42(20-17-38)69-61(76)73-43-13-10-29-71(37-43)54-26-24-52(70-60(54)73)40-11-9-12-41(33-40)64(65,66)67/h9,11-12,16-22,24-26,32-35,43,55-56H,5-8,10,13-15,23,27-31,36-37H2,1-4H3,(H,68,75)(H,69,76)(H,77,78,79)/p-1/t43-,55?,56?/m0/s1. The number of allylic oxidation sites excluding steroid dienone is 2. The van der Waals surface area contributed by atoms with Crippen molar-refractivity contribution in [2.75, 3.05) is 39.7 Å². The zero-order chi connectivity index (χ0) is 56.8. The first-order valence-electron chi connectivity index (χ1n) is 28.4. The van der Waals surface area contributed by atoms with Crippen LogP contribution < -0.4 is 25.3 Å². The molecule has 422 valence electrons. The van der Waals surface area contributed by atoms with E-state index in [1.807, 2.05) is 18.2 Å². The third kappa shape index (κ3) is 10.2. The van der Waals surface area contributed by atoms with Gasteiger partial charge in [-0.05, 0) is 150 Å². The molecular weight excluding hydrogens is 1050 g/mol. The first-order valence-corrected chi connectivity index (χ1v) is 29.8. The average Bonchev–Trinajstić information content (AvgIpc) is 4.09. The number of fused-ring (bicyclic) bond motifs is 12. The fraction of sp³-hybridized carbons (Fsp3) is 0.406. The Morgan fingerprint density at radius 3 is 2.35 bits per heavy atom. The number of amides is 3. The van der Waals surface area contributed by atoms with Gasteiger partial charge in [-0.3, -0.25) is 14.5 Å². The molecule has 1 aromatic heterocycles. The van der Waals surface area contributed by atoms with Gasteiger partial charge in [-0.1, -0.05) is 83.0 Å². The number of alkyl halides is 3. The number of rotatable bonds is 14. The van der Waals surface area contributed by atoms with E-state index in [4.69, 9.17) is 9.72 Å². The summed E-state index contributed by atoms with van der Waals surface area (Å²) < 4.78 is 83.9. The number of Topliss-reactive ketones (excluding diaryl/α,β-unsaturated/α-hetero) is 1. The molecule has 7 aliphatic rings. The van der Waals surface area contributed by atoms with Crippen LogP contribution in [0.2, 0.25) is 0 Å². The first kappa shape index (κ1) is 54.5. The van der Waals surface area contributed by atoms with Crippen LogP contribution in [0.25, 0.3) is 16.8 Å². The van der Waals surface area contributed by atoms with E-state index in [1.54, 1.807) is 41.3 Å². The van der Waals surface area contributed by atoms with Gasteiger partial charge in [0.1, 0.15) is 15.9 Å². The number of benzene rings is 4. The number of hydrogen-bond acceptors (Lipinski definition) is 10. The maximum absolute atomic E-state index is 14.0. The summed E-state index contributed by atoms with van der Waals surface area (Å²) in [5.41, 5.74) is 12.3. The number of carbonyl (C=O) groups excluding carboxylic acids is 3. The smallest absolute Gasteiger partial charge is 0.416 e. The van der Waals surface area contributed by atoms with Crippen molar-refractivity contribution in [1.29, 1.82) is 0 Å². The zero-order valence-electron chi connectivity index (χ0n) is 46.0. The van der Waals surface area contributed by atoms with Crippen LogP contribution in [-0.4, -0.2) is 73.6 Å². The molecular formula is C64H66F3N6O7S-. The highest BCUT2D eigenvalue weighted by Crippen LogP contribution is 2.58. The van der Waals surface area contributed by atoms with Crippen molar-refractivity contribution >= 4 is 56.3 Å². The molecule has 0 radical (unpaired) electrons. The van der Waals surface area contributed by atoms with E-state index in [0.29, 0.717) is 61.5 Å². The van der Waals surface area contributed by atoms with Crippen LogP contribution >= 0.6 is 0 Å². The van der Waals surface area contributed by atoms with Gasteiger partial charge in [0.25, 0.3) is 0 Å². The highest BCUT2D eigenvalue weighted by molar-refractivity contribution is 7.85. The molecule has 0 spiro atoms. The fourth-order valence-electron chi connectivity index (χ4n) is 13.9. The van der Waals surface area contributed by atoms with Crippen LogP contribution in [0.5, 0.6) is 0 Å². The minimum absolute atomic E-state index is 0.0508. The summed E-state index contributed by atoms with van der Waals surface area (Å²) in [5, 5.41) is 5.99. The Balaban J connectivity index is 0.609. The minimum Gasteiger partial charge on any atom is -0.744 e. The minimum atomic E-state index is -4.61. The Morgan fingerprint density at radius 1 is 0.802 bits per heavy atom. The van der Waals surface area contributed by atoms with Gasteiger partial charge in [-0.25, -0.2) is 18.2 Å². The van der Waals surface area contributed by atoms with Crippen LogP contribution in [-0.2, 0) is 54.4 Å². The molecule has 5 aromatic rings. The Morgan fingerprint density at radius 2 is 1.57 bits per heavy atom. The average molecular weight is 1120 g/mol. The lowest BCUT2D eigenvalue weighted by Crippen LogP contribution is -2.56. The van der Waals surface area contributed by atoms with Crippen molar-refractivity contribution in [3.8, 4) is 11.3 Å². The molecule has 3 amide bonds. The molecule has 1 fully saturated rings. The fourth-order valence-corrected chi connectivity index (χ4v) is 14.4. The van der Waals surface area contributed by atoms with Crippen LogP contribution in [0, 0.1) is 0 Å². The molecule has 2 aliphatic carbocycles. The van der Waals surface area contributed by atoms with Gasteiger partial charge >= 0.3 is 12.2 Å². The lowest BCUT2D eigenvalue weighted by Gasteiger charge is -2.45. The largest absolute Gasteiger partial charge is 0.744 e. The first-order chi connectivity index (χ1) is 38.6. The normalized spacial score (nSPS) is 21.0. The number of ether oxygens (including phenoxy) is 1. The van der Waals surface area contributed by atoms with Crippen molar-refractivity contribution in [2.45, 2.75) is 151 Å². The lowest BCUT2D eigenvalue weighted by molar-refractivity contribution is -0.137. The molecule has 3 atom stereocenters. The van der Waals surface area contributed by atoms with E-state index < -0.39 is 27.3 Å². The van der Waals surface area contributed by atoms with Gasteiger partial charge in [0.2, 0.25) is 5.91 Å². The SMILES string of the molecule is CC1(C)C2=C(CCC3OC4CCN5C(=C4C=C23)C(C)(C)c2cc(CC(=O)CCCCCCC(=O)NCc3ccc(NC(=O)N4c6nc(-c7cccc(C(F)(F)F)c7)ccc6N6CCC[C@H]4C6)cc3)ccc25)c2ccc(S(=O)(=O)[O-])cc21. The summed E-state index contributed by atoms with van der Waals surface area (Å²) in [7, 11) is -4.61. The molecule has 1 saturated heterocycles. The lowest BCUT2D eigenvalue weighted by atomic mass is 9.71. The van der Waals surface area contributed by atoms with E-state index in [1.165, 1.54) is 40.1 Å². The Kier molecular flexibility index (Phi) is 13.9. The highest BCUT2D eigenvalue weighted by atomic mass is 32.2. The van der Waals surface area contributed by atoms with Gasteiger partial charge in [0, 0.05) is 84.5 Å². The number of ketones is 1. The van der Waals surface area contributed by atoms with Crippen LogP contribution in [0.15, 0.2) is 130 Å². The molecule has 0 saturated carbocycles. The number of carbonyl (C=O) groups is 3. The topological polar surface area (TPSA) is 164 Å². The summed E-state index contributed by atoms with van der Waals surface area (Å²) in [6.07, 6.45) is 6.19. The van der Waals surface area contributed by atoms with Gasteiger partial charge in [0.15, 0.2) is 5.82 Å². The van der Waals surface area contributed by atoms with Gasteiger partial charge in [0.05, 0.1) is 40.1 Å². The number of urea groups is 1. The number of aromatic nitrogens is 1. The predicted octanol–water partition coefficient (Wildman–Crippen LogP) is 12.4. The van der Waals surface area contributed by atoms with Crippen molar-refractivity contribution < 1.29 is 45.3 Å². The second-order valence-electron chi connectivity index (χ2n) is 23.9. The molecule has 2 unspecified atom stereocenters. The zero-order valence-corrected chi connectivity index (χ0v) is 46.9. The van der Waals surface area contributed by atoms with E-state index in [2.05, 4.69) is 72.4 Å². The summed E-state index contributed by atoms with van der Waals surface area (Å²) in [6, 6.07) is 26.5. The predicted molar refractivity (Wildman–Crippen MR) is 305 cm³/mol. The molecule has 13 nitrogen and oxygen atoms in total. The highest BCUT2D eigenvalue weighted by Gasteiger charge is 2.50. The molecule has 6 heterocycles. The molecule has 2 N–H and O–H groups in total. The second-order valence-corrected chi connectivity index (χ2v) is 25.3. The van der Waals surface area contributed by atoms with Gasteiger partial charge in [-0.15, -0.1) is 0 Å². The summed E-state index contributed by atoms with van der Waals surface area (Å²) in [6.45, 7) is 11.3. The summed E-state index contributed by atoms with van der Waals surface area (Å²) >= 11 is 0. The van der Waals surface area contributed by atoms with E-state index in [9.17, 15) is 40.5 Å². The molecule has 2 bridgehead atoms. The van der Waals surface area contributed by atoms with Gasteiger partial charge < -0.3 is 29.7 Å². The number of nitrogens with one attached hydrogen (secondary N) is 2. The number of hydrogen-bond donors (Lipinski definition) is 2. The van der Waals surface area contributed by atoms with E-state index in [0.717, 1.165) is 116 Å². The number of unbranched alkanes of at least 4 members (excludes halogenated alkanes) is 3. The van der Waals surface area contributed by atoms with Crippen molar-refractivity contribution in [3.05, 3.63) is 159 Å². The maximum Gasteiger partial charge on any atom is 0.416 e. The third-order valence-electron chi connectivity index (χ3n) is 17.9. The molecule has 12 rings (SSSR count).